The summed E-state index contributed by atoms with van der Waals surface area (Å²) in [5, 5.41) is 9.74. The van der Waals surface area contributed by atoms with E-state index in [1.165, 1.54) is 44.9 Å². The number of hydrogen-bond donors (Lipinski definition) is 1. The fourth-order valence-electron chi connectivity index (χ4n) is 8.44. The van der Waals surface area contributed by atoms with E-state index in [0.717, 1.165) is 148 Å². The van der Waals surface area contributed by atoms with Gasteiger partial charge in [-0.2, -0.15) is 0 Å². The van der Waals surface area contributed by atoms with Crippen LogP contribution in [0.2, 0.25) is 0 Å². The molecule has 0 aromatic rings. The molecular weight excluding hydrogens is 1050 g/mol. The Morgan fingerprint density at radius 2 is 0.635 bits per heavy atom. The molecule has 0 aromatic heterocycles. The smallest absolute Gasteiger partial charge is 0.361 e. The third kappa shape index (κ3) is 66.0. The number of ether oxygens (including phenoxy) is 4. The maximum Gasteiger partial charge on any atom is 0.361 e. The van der Waals surface area contributed by atoms with Gasteiger partial charge in [0.2, 0.25) is 0 Å². The van der Waals surface area contributed by atoms with Gasteiger partial charge in [-0.15, -0.1) is 0 Å². The molecule has 0 aliphatic rings. The molecule has 0 aliphatic heterocycles. The van der Waals surface area contributed by atoms with Gasteiger partial charge >= 0.3 is 17.9 Å². The quantitative estimate of drug-likeness (QED) is 0.0211. The summed E-state index contributed by atoms with van der Waals surface area (Å²) in [6.07, 6.45) is 94.4. The second kappa shape index (κ2) is 64.6. The van der Waals surface area contributed by atoms with E-state index in [2.05, 4.69) is 184 Å². The third-order valence-corrected chi connectivity index (χ3v) is 13.5. The summed E-state index contributed by atoms with van der Waals surface area (Å²) in [6.45, 7) is 4.60. The maximum atomic E-state index is 12.9. The molecule has 85 heavy (non-hydrogen) atoms. The summed E-state index contributed by atoms with van der Waals surface area (Å²) < 4.78 is 22.9. The lowest BCUT2D eigenvalue weighted by molar-refractivity contribution is -0.870. The molecule has 9 heteroatoms. The Kier molecular flexibility index (Phi) is 60.6. The molecule has 0 fully saturated rings. The van der Waals surface area contributed by atoms with Crippen LogP contribution in [0.25, 0.3) is 0 Å². The number of aliphatic carboxylic acids is 1. The van der Waals surface area contributed by atoms with Crippen molar-refractivity contribution in [3.63, 3.8) is 0 Å². The summed E-state index contributed by atoms with van der Waals surface area (Å²) in [7, 11) is 5.95. The first kappa shape index (κ1) is 79.7. The highest BCUT2D eigenvalue weighted by molar-refractivity contribution is 5.71. The van der Waals surface area contributed by atoms with E-state index >= 15 is 0 Å². The summed E-state index contributed by atoms with van der Waals surface area (Å²) in [5.41, 5.74) is 0. The maximum absolute atomic E-state index is 12.9. The van der Waals surface area contributed by atoms with Gasteiger partial charge in [0.15, 0.2) is 6.10 Å². The molecule has 0 spiro atoms. The monoisotopic (exact) mass is 1180 g/mol. The number of carbonyl (C=O) groups excluding carboxylic acids is 2. The number of allylic oxidation sites excluding steroid dienone is 28. The second-order valence-corrected chi connectivity index (χ2v) is 22.7. The minimum Gasteiger partial charge on any atom is -0.477 e. The van der Waals surface area contributed by atoms with Crippen LogP contribution in [-0.2, 0) is 33.3 Å². The molecule has 0 saturated carbocycles. The normalized spacial score (nSPS) is 13.8. The standard InChI is InChI=1S/C76H121NO8/c1-6-8-10-12-14-16-18-20-22-24-26-28-30-32-34-35-36-37-38-39-41-43-45-47-49-51-53-55-57-59-61-63-65-67-74(79)85-72(71-84-76(75(80)81)82-69-68-77(3,4)5)70-83-73(78)66-64-62-60-58-56-54-52-50-48-46-44-42-40-33-31-29-27-25-23-21-19-17-15-13-11-9-7-2/h8-11,14-17,20-23,26-29,32-34,36-37,39-41,44,46,50,52,72,76H,6-7,12-13,18-19,24-25,30-31,35,38,42-43,45,47-49,51,53-71H2,1-5H3/p+1/b10-8-,11-9-,16-14-,17-15-,22-20-,23-21-,28-26-,29-27-,34-32-,37-36-,40-33-,41-39-,46-44-,52-50-. The number of hydrogen-bond acceptors (Lipinski definition) is 7. The lowest BCUT2D eigenvalue weighted by Gasteiger charge is -2.25. The Labute approximate surface area is 520 Å². The molecule has 9 nitrogen and oxygen atoms in total. The predicted octanol–water partition coefficient (Wildman–Crippen LogP) is 20.7. The van der Waals surface area contributed by atoms with E-state index in [9.17, 15) is 19.5 Å². The first-order valence-corrected chi connectivity index (χ1v) is 33.3. The number of likely N-dealkylation sites (N-methyl/N-ethyl adjacent to an activating group) is 1. The zero-order valence-corrected chi connectivity index (χ0v) is 54.4. The van der Waals surface area contributed by atoms with Gasteiger partial charge < -0.3 is 28.5 Å². The van der Waals surface area contributed by atoms with Crippen molar-refractivity contribution in [2.24, 2.45) is 0 Å². The summed E-state index contributed by atoms with van der Waals surface area (Å²) >= 11 is 0. The summed E-state index contributed by atoms with van der Waals surface area (Å²) in [6, 6.07) is 0. The van der Waals surface area contributed by atoms with E-state index in [1.807, 2.05) is 21.1 Å². The lowest BCUT2D eigenvalue weighted by Crippen LogP contribution is -2.40. The van der Waals surface area contributed by atoms with E-state index in [4.69, 9.17) is 18.9 Å². The van der Waals surface area contributed by atoms with E-state index in [0.29, 0.717) is 23.9 Å². The highest BCUT2D eigenvalue weighted by Gasteiger charge is 2.25. The highest BCUT2D eigenvalue weighted by Crippen LogP contribution is 2.15. The van der Waals surface area contributed by atoms with E-state index in [1.54, 1.807) is 0 Å². The van der Waals surface area contributed by atoms with Crippen LogP contribution in [0.5, 0.6) is 0 Å². The molecule has 0 heterocycles. The number of carboxylic acids is 1. The molecule has 0 rings (SSSR count). The number of nitrogens with zero attached hydrogens (tertiary/aromatic N) is 1. The zero-order valence-electron chi connectivity index (χ0n) is 54.4. The predicted molar refractivity (Wildman–Crippen MR) is 363 cm³/mol. The van der Waals surface area contributed by atoms with E-state index in [-0.39, 0.29) is 38.6 Å². The number of carboxylic acid groups (broad SMARTS) is 1. The first-order valence-electron chi connectivity index (χ1n) is 33.3. The van der Waals surface area contributed by atoms with Crippen molar-refractivity contribution < 1.29 is 42.9 Å². The van der Waals surface area contributed by atoms with Crippen LogP contribution >= 0.6 is 0 Å². The van der Waals surface area contributed by atoms with Crippen molar-refractivity contribution in [1.29, 1.82) is 0 Å². The van der Waals surface area contributed by atoms with Crippen molar-refractivity contribution in [2.75, 3.05) is 47.5 Å². The van der Waals surface area contributed by atoms with Gasteiger partial charge in [-0.05, 0) is 128 Å². The van der Waals surface area contributed by atoms with Crippen molar-refractivity contribution in [3.8, 4) is 0 Å². The van der Waals surface area contributed by atoms with Crippen molar-refractivity contribution >= 4 is 17.9 Å². The second-order valence-electron chi connectivity index (χ2n) is 22.7. The number of carbonyl (C=O) groups is 3. The van der Waals surface area contributed by atoms with Gasteiger partial charge in [-0.1, -0.05) is 261 Å². The first-order chi connectivity index (χ1) is 41.6. The van der Waals surface area contributed by atoms with Crippen LogP contribution < -0.4 is 0 Å². The van der Waals surface area contributed by atoms with Gasteiger partial charge in [0, 0.05) is 12.8 Å². The average Bonchev–Trinajstić information content (AvgIpc) is 3.49. The number of rotatable bonds is 59. The van der Waals surface area contributed by atoms with Gasteiger partial charge in [0.05, 0.1) is 34.4 Å². The molecule has 0 bridgehead atoms. The number of quaternary nitrogens is 1. The van der Waals surface area contributed by atoms with Crippen LogP contribution in [0.15, 0.2) is 170 Å². The molecular formula is C76H122NO8+. The molecule has 478 valence electrons. The number of esters is 2. The van der Waals surface area contributed by atoms with Crippen LogP contribution in [0.3, 0.4) is 0 Å². The van der Waals surface area contributed by atoms with Gasteiger partial charge in [-0.3, -0.25) is 9.59 Å². The minimum atomic E-state index is -1.53. The fraction of sp³-hybridized carbons (Fsp3) is 0.592. The Balaban J connectivity index is 4.26. The minimum absolute atomic E-state index is 0.174. The molecule has 0 saturated heterocycles. The van der Waals surface area contributed by atoms with Crippen LogP contribution in [0, 0.1) is 0 Å². The summed E-state index contributed by atoms with van der Waals surface area (Å²) in [5.74, 6) is -2.05. The molecule has 0 radical (unpaired) electrons. The van der Waals surface area contributed by atoms with Crippen LogP contribution in [-0.4, -0.2) is 87.4 Å². The Morgan fingerprint density at radius 3 is 0.941 bits per heavy atom. The fourth-order valence-corrected chi connectivity index (χ4v) is 8.44. The Morgan fingerprint density at radius 1 is 0.353 bits per heavy atom. The molecule has 2 atom stereocenters. The molecule has 1 N–H and O–H groups in total. The third-order valence-electron chi connectivity index (χ3n) is 13.5. The van der Waals surface area contributed by atoms with Crippen LogP contribution in [0.4, 0.5) is 0 Å². The Hall–Kier alpha value is -5.35. The van der Waals surface area contributed by atoms with Gasteiger partial charge in [0.25, 0.3) is 6.29 Å². The average molecular weight is 1180 g/mol. The topological polar surface area (TPSA) is 108 Å². The van der Waals surface area contributed by atoms with Gasteiger partial charge in [-0.25, -0.2) is 4.79 Å². The SMILES string of the molecule is CC/C=C\C/C=C\C/C=C\C/C=C\C/C=C\C/C=C\C/C=C\CCCCCCCCCCCCCC(=O)OC(COC(=O)CCCCCCC/C=C\C/C=C\C/C=C\C/C=C\C/C=C\C/C=C\C/C=C\CC)COC(OCC[N+](C)(C)C)C(=O)O. The van der Waals surface area contributed by atoms with Crippen molar-refractivity contribution in [1.82, 2.24) is 0 Å². The van der Waals surface area contributed by atoms with Crippen molar-refractivity contribution in [3.05, 3.63) is 170 Å². The highest BCUT2D eigenvalue weighted by atomic mass is 16.7. The van der Waals surface area contributed by atoms with Crippen LogP contribution in [0.1, 0.15) is 232 Å². The lowest BCUT2D eigenvalue weighted by atomic mass is 10.0. The largest absolute Gasteiger partial charge is 0.477 e. The molecule has 2 unspecified atom stereocenters. The number of unbranched alkanes of at least 4 members (excludes halogenated alkanes) is 16. The zero-order chi connectivity index (χ0) is 61.9. The molecule has 0 aliphatic carbocycles. The molecule has 0 aromatic carbocycles. The van der Waals surface area contributed by atoms with Gasteiger partial charge in [0.1, 0.15) is 13.2 Å². The van der Waals surface area contributed by atoms with E-state index < -0.39 is 24.3 Å². The molecule has 0 amide bonds. The van der Waals surface area contributed by atoms with Crippen molar-refractivity contribution in [2.45, 2.75) is 245 Å². The Bertz CT molecular complexity index is 2000. The summed E-state index contributed by atoms with van der Waals surface area (Å²) in [4.78, 5) is 37.6.